The second-order valence-electron chi connectivity index (χ2n) is 14.1. The first kappa shape index (κ1) is 51.0. The van der Waals surface area contributed by atoms with Crippen molar-refractivity contribution >= 4 is 25.7 Å². The van der Waals surface area contributed by atoms with Crippen LogP contribution in [0.1, 0.15) is 187 Å². The molecule has 0 saturated carbocycles. The monoisotopic (exact) mass is 774 g/mol. The molecule has 2 unspecified atom stereocenters. The lowest BCUT2D eigenvalue weighted by Crippen LogP contribution is -2.34. The van der Waals surface area contributed by atoms with Crippen molar-refractivity contribution in [2.75, 3.05) is 19.8 Å². The van der Waals surface area contributed by atoms with Crippen molar-refractivity contribution in [1.29, 1.82) is 0 Å². The highest BCUT2D eigenvalue weighted by Crippen LogP contribution is 2.43. The number of hydrogen-bond donors (Lipinski definition) is 3. The largest absolute Gasteiger partial charge is 0.480 e. The summed E-state index contributed by atoms with van der Waals surface area (Å²) in [7, 11) is -4.72. The van der Waals surface area contributed by atoms with E-state index >= 15 is 0 Å². The lowest BCUT2D eigenvalue weighted by Gasteiger charge is -2.20. The van der Waals surface area contributed by atoms with Gasteiger partial charge in [-0.2, -0.15) is 0 Å². The molecule has 0 aliphatic rings. The Hall–Kier alpha value is -2.04. The van der Waals surface area contributed by atoms with E-state index in [2.05, 4.69) is 30.5 Å². The zero-order chi connectivity index (χ0) is 39.3. The first-order chi connectivity index (χ1) is 25.6. The van der Waals surface area contributed by atoms with Crippen LogP contribution >= 0.6 is 7.82 Å². The number of ether oxygens (including phenoxy) is 2. The number of allylic oxidation sites excluding steroid dienone is 4. The summed E-state index contributed by atoms with van der Waals surface area (Å²) in [5.41, 5.74) is 5.32. The molecule has 0 aromatic heterocycles. The predicted octanol–water partition coefficient (Wildman–Crippen LogP) is 10.7. The molecule has 0 fully saturated rings. The fourth-order valence-electron chi connectivity index (χ4n) is 5.65. The number of hydrogen-bond acceptors (Lipinski definition) is 9. The number of esters is 2. The molecule has 3 atom stereocenters. The molecular formula is C41H76NO10P. The molecule has 0 rings (SSSR count). The maximum atomic E-state index is 12.5. The highest BCUT2D eigenvalue weighted by molar-refractivity contribution is 7.47. The number of carboxylic acid groups (broad SMARTS) is 1. The summed E-state index contributed by atoms with van der Waals surface area (Å²) in [6, 6.07) is -1.53. The van der Waals surface area contributed by atoms with Gasteiger partial charge in [0.15, 0.2) is 6.10 Å². The van der Waals surface area contributed by atoms with Crippen LogP contribution in [0.15, 0.2) is 24.3 Å². The molecule has 11 nitrogen and oxygen atoms in total. The maximum Gasteiger partial charge on any atom is 0.472 e. The maximum absolute atomic E-state index is 12.5. The number of aliphatic carboxylic acids is 1. The first-order valence-electron chi connectivity index (χ1n) is 20.9. The topological polar surface area (TPSA) is 172 Å². The van der Waals surface area contributed by atoms with E-state index in [1.807, 2.05) is 12.2 Å². The molecule has 0 aliphatic heterocycles. The average molecular weight is 774 g/mol. The number of unbranched alkanes of at least 4 members (excludes halogenated alkanes) is 21. The molecule has 0 radical (unpaired) electrons. The molecule has 0 aromatic carbocycles. The normalized spacial score (nSPS) is 14.0. The van der Waals surface area contributed by atoms with Gasteiger partial charge < -0.3 is 25.2 Å². The second kappa shape index (κ2) is 36.9. The summed E-state index contributed by atoms with van der Waals surface area (Å²) in [6.45, 7) is 2.74. The van der Waals surface area contributed by atoms with E-state index in [4.69, 9.17) is 24.8 Å². The Morgan fingerprint density at radius 2 is 1.04 bits per heavy atom. The number of carbonyl (C=O) groups is 3. The van der Waals surface area contributed by atoms with Crippen molar-refractivity contribution in [3.8, 4) is 0 Å². The third-order valence-corrected chi connectivity index (χ3v) is 9.92. The van der Waals surface area contributed by atoms with E-state index in [0.29, 0.717) is 12.8 Å². The molecular weight excluding hydrogens is 697 g/mol. The standard InChI is InChI=1S/C41H76NO10P/c1-3-5-7-9-11-13-15-17-18-19-21-22-24-26-28-30-32-39(43)49-34-37(35-50-53(47,48)51-36-38(42)41(45)46)52-40(44)33-31-29-27-25-23-20-16-14-12-10-8-6-4-2/h20,23,27,29,37-38H,3-19,21-22,24-26,28,30-36,42H2,1-2H3,(H,45,46)(H,47,48)/b23-20+,29-27+/t37?,38-/m0/s1. The first-order valence-corrected chi connectivity index (χ1v) is 22.4. The highest BCUT2D eigenvalue weighted by Gasteiger charge is 2.28. The molecule has 0 amide bonds. The van der Waals surface area contributed by atoms with Gasteiger partial charge in [0.1, 0.15) is 12.6 Å². The van der Waals surface area contributed by atoms with Crippen LogP contribution in [-0.4, -0.2) is 59.9 Å². The van der Waals surface area contributed by atoms with Gasteiger partial charge in [0.25, 0.3) is 0 Å². The van der Waals surface area contributed by atoms with Gasteiger partial charge in [-0.25, -0.2) is 4.57 Å². The van der Waals surface area contributed by atoms with Gasteiger partial charge in [-0.1, -0.05) is 167 Å². The lowest BCUT2D eigenvalue weighted by atomic mass is 10.0. The van der Waals surface area contributed by atoms with Crippen LogP contribution in [-0.2, 0) is 37.5 Å². The molecule has 310 valence electrons. The molecule has 53 heavy (non-hydrogen) atoms. The van der Waals surface area contributed by atoms with Crippen molar-refractivity contribution in [3.63, 3.8) is 0 Å². The van der Waals surface area contributed by atoms with Crippen molar-refractivity contribution in [2.45, 2.75) is 199 Å². The number of phosphoric acid groups is 1. The van der Waals surface area contributed by atoms with Crippen molar-refractivity contribution < 1.29 is 47.5 Å². The van der Waals surface area contributed by atoms with Crippen LogP contribution < -0.4 is 5.73 Å². The summed E-state index contributed by atoms with van der Waals surface area (Å²) in [4.78, 5) is 45.8. The summed E-state index contributed by atoms with van der Waals surface area (Å²) in [5.74, 6) is -2.46. The second-order valence-corrected chi connectivity index (χ2v) is 15.6. The van der Waals surface area contributed by atoms with E-state index in [9.17, 15) is 23.8 Å². The number of nitrogens with two attached hydrogens (primary N) is 1. The summed E-state index contributed by atoms with van der Waals surface area (Å²) in [5, 5.41) is 8.87. The molecule has 0 aliphatic carbocycles. The van der Waals surface area contributed by atoms with Crippen LogP contribution in [0.5, 0.6) is 0 Å². The van der Waals surface area contributed by atoms with Gasteiger partial charge in [0.2, 0.25) is 0 Å². The number of carboxylic acids is 1. The SMILES string of the molecule is CCCCCCCC/C=C/C/C=C/CCC(=O)OC(COC(=O)CCCCCCCCCCCCCCCCCC)COP(=O)(O)OC[C@H](N)C(=O)O. The third-order valence-electron chi connectivity index (χ3n) is 8.97. The molecule has 0 bridgehead atoms. The molecule has 0 aromatic rings. The minimum Gasteiger partial charge on any atom is -0.480 e. The van der Waals surface area contributed by atoms with Gasteiger partial charge >= 0.3 is 25.7 Å². The number of rotatable bonds is 39. The van der Waals surface area contributed by atoms with Crippen LogP contribution in [0.4, 0.5) is 0 Å². The number of carbonyl (C=O) groups excluding carboxylic acids is 2. The minimum absolute atomic E-state index is 0.0579. The zero-order valence-corrected chi connectivity index (χ0v) is 34.3. The number of phosphoric ester groups is 1. The fourth-order valence-corrected chi connectivity index (χ4v) is 6.43. The summed E-state index contributed by atoms with van der Waals surface area (Å²) < 4.78 is 32.5. The zero-order valence-electron chi connectivity index (χ0n) is 33.4. The van der Waals surface area contributed by atoms with Crippen molar-refractivity contribution in [3.05, 3.63) is 24.3 Å². The van der Waals surface area contributed by atoms with Crippen LogP contribution in [0.2, 0.25) is 0 Å². The Labute approximate surface area is 321 Å². The Morgan fingerprint density at radius 3 is 1.55 bits per heavy atom. The lowest BCUT2D eigenvalue weighted by molar-refractivity contribution is -0.161. The van der Waals surface area contributed by atoms with Crippen LogP contribution in [0, 0.1) is 0 Å². The molecule has 12 heteroatoms. The van der Waals surface area contributed by atoms with Gasteiger partial charge in [0.05, 0.1) is 13.2 Å². The molecule has 0 heterocycles. The van der Waals surface area contributed by atoms with E-state index in [-0.39, 0.29) is 19.4 Å². The Morgan fingerprint density at radius 1 is 0.585 bits per heavy atom. The summed E-state index contributed by atoms with van der Waals surface area (Å²) >= 11 is 0. The molecule has 0 saturated heterocycles. The molecule has 0 spiro atoms. The highest BCUT2D eigenvalue weighted by atomic mass is 31.2. The fraction of sp³-hybridized carbons (Fsp3) is 0.829. The quantitative estimate of drug-likeness (QED) is 0.0235. The average Bonchev–Trinajstić information content (AvgIpc) is 3.13. The van der Waals surface area contributed by atoms with E-state index in [0.717, 1.165) is 32.1 Å². The van der Waals surface area contributed by atoms with E-state index in [1.54, 1.807) is 0 Å². The summed E-state index contributed by atoms with van der Waals surface area (Å²) in [6.07, 6.45) is 36.9. The minimum atomic E-state index is -4.72. The van der Waals surface area contributed by atoms with Crippen LogP contribution in [0.3, 0.4) is 0 Å². The predicted molar refractivity (Wildman–Crippen MR) is 212 cm³/mol. The van der Waals surface area contributed by atoms with E-state index in [1.165, 1.54) is 116 Å². The van der Waals surface area contributed by atoms with Crippen molar-refractivity contribution in [2.24, 2.45) is 5.73 Å². The third kappa shape index (κ3) is 36.7. The van der Waals surface area contributed by atoms with Gasteiger partial charge in [0, 0.05) is 12.8 Å². The van der Waals surface area contributed by atoms with Gasteiger partial charge in [-0.15, -0.1) is 0 Å². The smallest absolute Gasteiger partial charge is 0.472 e. The van der Waals surface area contributed by atoms with E-state index < -0.39 is 51.1 Å². The van der Waals surface area contributed by atoms with Gasteiger partial charge in [-0.3, -0.25) is 23.4 Å². The van der Waals surface area contributed by atoms with Crippen LogP contribution in [0.25, 0.3) is 0 Å². The Kier molecular flexibility index (Phi) is 35.5. The Balaban J connectivity index is 4.42. The Bertz CT molecular complexity index is 1010. The van der Waals surface area contributed by atoms with Crippen molar-refractivity contribution in [1.82, 2.24) is 0 Å². The molecule has 4 N–H and O–H groups in total. The van der Waals surface area contributed by atoms with Gasteiger partial charge in [-0.05, 0) is 32.1 Å².